The third-order valence-electron chi connectivity index (χ3n) is 1.95. The third-order valence-corrected chi connectivity index (χ3v) is 2.32. The first kappa shape index (κ1) is 10.6. The lowest BCUT2D eigenvalue weighted by atomic mass is 10.1. The minimum atomic E-state index is 0.594. The SMILES string of the molecule is CCCc1ccc(Cl)c(COC)c1. The first-order valence-electron chi connectivity index (χ1n) is 4.54. The molecular weight excluding hydrogens is 184 g/mol. The van der Waals surface area contributed by atoms with E-state index in [1.807, 2.05) is 6.07 Å². The molecule has 0 aliphatic rings. The summed E-state index contributed by atoms with van der Waals surface area (Å²) in [5.41, 5.74) is 2.41. The van der Waals surface area contributed by atoms with Gasteiger partial charge in [-0.1, -0.05) is 37.1 Å². The van der Waals surface area contributed by atoms with Crippen molar-refractivity contribution in [2.24, 2.45) is 0 Å². The van der Waals surface area contributed by atoms with Crippen molar-refractivity contribution >= 4 is 11.6 Å². The van der Waals surface area contributed by atoms with Gasteiger partial charge >= 0.3 is 0 Å². The van der Waals surface area contributed by atoms with Gasteiger partial charge in [0.05, 0.1) is 6.61 Å². The van der Waals surface area contributed by atoms with Crippen LogP contribution in [0.25, 0.3) is 0 Å². The maximum absolute atomic E-state index is 6.00. The second kappa shape index (κ2) is 5.25. The lowest BCUT2D eigenvalue weighted by Gasteiger charge is -2.05. The van der Waals surface area contributed by atoms with Crippen LogP contribution in [0.1, 0.15) is 24.5 Å². The van der Waals surface area contributed by atoms with Crippen LogP contribution < -0.4 is 0 Å². The van der Waals surface area contributed by atoms with E-state index in [0.29, 0.717) is 6.61 Å². The summed E-state index contributed by atoms with van der Waals surface area (Å²) in [6, 6.07) is 6.14. The van der Waals surface area contributed by atoms with Crippen molar-refractivity contribution < 1.29 is 4.74 Å². The maximum Gasteiger partial charge on any atom is 0.0727 e. The van der Waals surface area contributed by atoms with Gasteiger partial charge in [-0.3, -0.25) is 0 Å². The molecule has 0 unspecified atom stereocenters. The summed E-state index contributed by atoms with van der Waals surface area (Å²) in [7, 11) is 1.68. The molecule has 0 saturated carbocycles. The Hall–Kier alpha value is -0.530. The quantitative estimate of drug-likeness (QED) is 0.720. The number of rotatable bonds is 4. The Morgan fingerprint density at radius 2 is 2.15 bits per heavy atom. The molecule has 0 amide bonds. The van der Waals surface area contributed by atoms with Crippen molar-refractivity contribution in [3.8, 4) is 0 Å². The molecule has 0 bridgehead atoms. The van der Waals surface area contributed by atoms with Crippen LogP contribution in [0.3, 0.4) is 0 Å². The summed E-state index contributed by atoms with van der Waals surface area (Å²) in [5.74, 6) is 0. The van der Waals surface area contributed by atoms with Crippen LogP contribution in [0.15, 0.2) is 18.2 Å². The summed E-state index contributed by atoms with van der Waals surface area (Å²) in [6.07, 6.45) is 2.27. The normalized spacial score (nSPS) is 10.4. The fraction of sp³-hybridized carbons (Fsp3) is 0.455. The van der Waals surface area contributed by atoms with Gasteiger partial charge in [0.2, 0.25) is 0 Å². The summed E-state index contributed by atoms with van der Waals surface area (Å²) >= 11 is 6.00. The number of hydrogen-bond acceptors (Lipinski definition) is 1. The molecule has 0 heterocycles. The van der Waals surface area contributed by atoms with Crippen LogP contribution >= 0.6 is 11.6 Å². The lowest BCUT2D eigenvalue weighted by Crippen LogP contribution is -1.91. The molecule has 0 radical (unpaired) electrons. The van der Waals surface area contributed by atoms with E-state index in [1.165, 1.54) is 5.56 Å². The van der Waals surface area contributed by atoms with Gasteiger partial charge in [0, 0.05) is 12.1 Å². The van der Waals surface area contributed by atoms with E-state index < -0.39 is 0 Å². The summed E-state index contributed by atoms with van der Waals surface area (Å²) in [6.45, 7) is 2.76. The van der Waals surface area contributed by atoms with E-state index in [9.17, 15) is 0 Å². The van der Waals surface area contributed by atoms with Crippen LogP contribution in [0.4, 0.5) is 0 Å². The number of halogens is 1. The van der Waals surface area contributed by atoms with Gasteiger partial charge in [0.15, 0.2) is 0 Å². The third kappa shape index (κ3) is 3.02. The minimum Gasteiger partial charge on any atom is -0.380 e. The van der Waals surface area contributed by atoms with Gasteiger partial charge in [0.1, 0.15) is 0 Å². The summed E-state index contributed by atoms with van der Waals surface area (Å²) in [5, 5.41) is 0.793. The molecule has 0 fully saturated rings. The van der Waals surface area contributed by atoms with Crippen molar-refractivity contribution in [2.45, 2.75) is 26.4 Å². The van der Waals surface area contributed by atoms with E-state index in [1.54, 1.807) is 7.11 Å². The average Bonchev–Trinajstić information content (AvgIpc) is 2.12. The molecular formula is C11H15ClO. The number of aryl methyl sites for hydroxylation is 1. The van der Waals surface area contributed by atoms with Crippen molar-refractivity contribution in [3.05, 3.63) is 34.3 Å². The fourth-order valence-corrected chi connectivity index (χ4v) is 1.51. The molecule has 0 aliphatic carbocycles. The van der Waals surface area contributed by atoms with E-state index >= 15 is 0 Å². The van der Waals surface area contributed by atoms with Crippen LogP contribution in [0.2, 0.25) is 5.02 Å². The van der Waals surface area contributed by atoms with E-state index in [2.05, 4.69) is 19.1 Å². The Morgan fingerprint density at radius 3 is 2.77 bits per heavy atom. The van der Waals surface area contributed by atoms with Gasteiger partial charge in [0.25, 0.3) is 0 Å². The highest BCUT2D eigenvalue weighted by Crippen LogP contribution is 2.19. The summed E-state index contributed by atoms with van der Waals surface area (Å²) in [4.78, 5) is 0. The second-order valence-corrected chi connectivity index (χ2v) is 3.52. The number of ether oxygens (including phenoxy) is 1. The van der Waals surface area contributed by atoms with Gasteiger partial charge < -0.3 is 4.74 Å². The van der Waals surface area contributed by atoms with E-state index in [4.69, 9.17) is 16.3 Å². The van der Waals surface area contributed by atoms with Gasteiger partial charge in [-0.25, -0.2) is 0 Å². The van der Waals surface area contributed by atoms with Crippen molar-refractivity contribution in [1.29, 1.82) is 0 Å². The molecule has 0 aliphatic heterocycles. The predicted octanol–water partition coefficient (Wildman–Crippen LogP) is 3.44. The predicted molar refractivity (Wildman–Crippen MR) is 56.2 cm³/mol. The van der Waals surface area contributed by atoms with Crippen LogP contribution in [-0.2, 0) is 17.8 Å². The highest BCUT2D eigenvalue weighted by molar-refractivity contribution is 6.31. The standard InChI is InChI=1S/C11H15ClO/c1-3-4-9-5-6-11(12)10(7-9)8-13-2/h5-7H,3-4,8H2,1-2H3. The van der Waals surface area contributed by atoms with Crippen molar-refractivity contribution in [2.75, 3.05) is 7.11 Å². The monoisotopic (exact) mass is 198 g/mol. The Balaban J connectivity index is 2.83. The zero-order valence-corrected chi connectivity index (χ0v) is 8.90. The maximum atomic E-state index is 6.00. The van der Waals surface area contributed by atoms with Crippen LogP contribution in [-0.4, -0.2) is 7.11 Å². The number of methoxy groups -OCH3 is 1. The molecule has 0 N–H and O–H groups in total. The Morgan fingerprint density at radius 1 is 1.38 bits per heavy atom. The molecule has 1 nitrogen and oxygen atoms in total. The van der Waals surface area contributed by atoms with Crippen LogP contribution in [0.5, 0.6) is 0 Å². The minimum absolute atomic E-state index is 0.594. The van der Waals surface area contributed by atoms with Crippen molar-refractivity contribution in [1.82, 2.24) is 0 Å². The lowest BCUT2D eigenvalue weighted by molar-refractivity contribution is 0.185. The smallest absolute Gasteiger partial charge is 0.0727 e. The molecule has 1 aromatic rings. The zero-order chi connectivity index (χ0) is 9.68. The highest BCUT2D eigenvalue weighted by Gasteiger charge is 2.00. The molecule has 0 saturated heterocycles. The van der Waals surface area contributed by atoms with Gasteiger partial charge in [-0.05, 0) is 23.6 Å². The number of benzene rings is 1. The molecule has 72 valence electrons. The van der Waals surface area contributed by atoms with Gasteiger partial charge in [-0.2, -0.15) is 0 Å². The zero-order valence-electron chi connectivity index (χ0n) is 8.14. The van der Waals surface area contributed by atoms with Crippen molar-refractivity contribution in [3.63, 3.8) is 0 Å². The Kier molecular flexibility index (Phi) is 4.26. The first-order valence-corrected chi connectivity index (χ1v) is 4.92. The number of hydrogen-bond donors (Lipinski definition) is 0. The molecule has 2 heteroatoms. The van der Waals surface area contributed by atoms with Crippen LogP contribution in [0, 0.1) is 0 Å². The average molecular weight is 199 g/mol. The van der Waals surface area contributed by atoms with E-state index in [0.717, 1.165) is 23.4 Å². The molecule has 0 spiro atoms. The van der Waals surface area contributed by atoms with Gasteiger partial charge in [-0.15, -0.1) is 0 Å². The molecule has 1 aromatic carbocycles. The highest BCUT2D eigenvalue weighted by atomic mass is 35.5. The Bertz CT molecular complexity index is 271. The molecule has 0 aromatic heterocycles. The molecule has 13 heavy (non-hydrogen) atoms. The summed E-state index contributed by atoms with van der Waals surface area (Å²) < 4.78 is 5.06. The Labute approximate surface area is 84.7 Å². The first-order chi connectivity index (χ1) is 6.27. The molecule has 0 atom stereocenters. The molecule has 1 rings (SSSR count). The largest absolute Gasteiger partial charge is 0.380 e. The fourth-order valence-electron chi connectivity index (χ4n) is 1.34. The second-order valence-electron chi connectivity index (χ2n) is 3.11. The van der Waals surface area contributed by atoms with E-state index in [-0.39, 0.29) is 0 Å². The topological polar surface area (TPSA) is 9.23 Å².